The molecule has 0 aromatic carbocycles. The Morgan fingerprint density at radius 2 is 1.93 bits per heavy atom. The van der Waals surface area contributed by atoms with Gasteiger partial charge in [-0.2, -0.15) is 13.3 Å². The molecule has 0 atom stereocenters. The van der Waals surface area contributed by atoms with Crippen molar-refractivity contribution in [1.29, 1.82) is 0 Å². The van der Waals surface area contributed by atoms with Gasteiger partial charge in [-0.1, -0.05) is 0 Å². The molecule has 0 N–H and O–H groups in total. The second-order valence-electron chi connectivity index (χ2n) is 4.10. The van der Waals surface area contributed by atoms with Crippen LogP contribution in [-0.2, 0) is 24.2 Å². The number of unbranched alkanes of at least 4 members (excludes halogenated alkanes) is 1. The molecule has 0 aromatic rings. The monoisotopic (exact) mass is 250 g/mol. The maximum absolute atomic E-state index is 11.4. The molecule has 0 bridgehead atoms. The molecule has 0 aliphatic heterocycles. The summed E-state index contributed by atoms with van der Waals surface area (Å²) < 4.78 is 5.17. The summed E-state index contributed by atoms with van der Waals surface area (Å²) in [5.74, 6) is 0. The van der Waals surface area contributed by atoms with Crippen molar-refractivity contribution in [3.8, 4) is 0 Å². The van der Waals surface area contributed by atoms with Gasteiger partial charge in [-0.15, -0.1) is 0 Å². The van der Waals surface area contributed by atoms with Crippen LogP contribution < -0.4 is 0 Å². The first kappa shape index (κ1) is 16.3. The maximum atomic E-state index is 11.4. The quantitative estimate of drug-likeness (QED) is 0.570. The van der Waals surface area contributed by atoms with Crippen LogP contribution in [0.4, 0.5) is 4.79 Å². The number of nitrogens with zero attached hydrogens (tertiary/aromatic N) is 1. The second-order valence-corrected chi connectivity index (χ2v) is 4.10. The van der Waals surface area contributed by atoms with Crippen molar-refractivity contribution >= 4 is 6.09 Å². The Kier molecular flexibility index (Phi) is 8.42. The predicted molar refractivity (Wildman–Crippen MR) is 53.5 cm³/mol. The number of hydrogen-bond donors (Lipinski definition) is 0. The number of amides is 1. The molecule has 80 valence electrons. The van der Waals surface area contributed by atoms with E-state index in [0.29, 0.717) is 6.54 Å². The zero-order chi connectivity index (χ0) is 10.5. The van der Waals surface area contributed by atoms with E-state index in [1.54, 1.807) is 11.9 Å². The molecule has 0 aromatic heterocycles. The fourth-order valence-electron chi connectivity index (χ4n) is 0.754. The van der Waals surface area contributed by atoms with Crippen LogP contribution in [-0.4, -0.2) is 30.2 Å². The van der Waals surface area contributed by atoms with Crippen LogP contribution in [0.25, 0.3) is 0 Å². The Bertz CT molecular complexity index is 166. The summed E-state index contributed by atoms with van der Waals surface area (Å²) in [7, 11) is 1.75. The molecular formula is C10H20NO2Zn-. The minimum absolute atomic E-state index is 0. The van der Waals surface area contributed by atoms with E-state index in [0.717, 1.165) is 6.42 Å². The molecule has 4 heteroatoms. The van der Waals surface area contributed by atoms with Crippen LogP contribution in [0.1, 0.15) is 34.1 Å². The number of ether oxygens (including phenoxy) is 1. The number of carbonyl (C=O) groups is 1. The minimum Gasteiger partial charge on any atom is -0.444 e. The first-order valence-corrected chi connectivity index (χ1v) is 4.59. The van der Waals surface area contributed by atoms with E-state index in [2.05, 4.69) is 0 Å². The smallest absolute Gasteiger partial charge is 0.409 e. The van der Waals surface area contributed by atoms with Crippen LogP contribution in [0, 0.1) is 6.42 Å². The molecule has 0 radical (unpaired) electrons. The van der Waals surface area contributed by atoms with Crippen LogP contribution >= 0.6 is 0 Å². The number of rotatable bonds is 3. The maximum Gasteiger partial charge on any atom is 0.409 e. The van der Waals surface area contributed by atoms with E-state index < -0.39 is 5.60 Å². The van der Waals surface area contributed by atoms with Gasteiger partial charge in [-0.3, -0.25) is 0 Å². The predicted octanol–water partition coefficient (Wildman–Crippen LogP) is 2.47. The van der Waals surface area contributed by atoms with E-state index in [1.807, 2.05) is 34.1 Å². The van der Waals surface area contributed by atoms with Gasteiger partial charge in [0.05, 0.1) is 0 Å². The first-order chi connectivity index (χ1) is 5.87. The molecule has 0 rings (SSSR count). The standard InChI is InChI=1S/C10H20NO2.Zn/c1-6-7-8-11(5)9(12)13-10(2,3)4;/h6H,7-8H2,1-5H3;/q-1;. The van der Waals surface area contributed by atoms with Gasteiger partial charge in [0.2, 0.25) is 0 Å². The number of carbonyl (C=O) groups excluding carboxylic acids is 1. The molecule has 3 nitrogen and oxygen atoms in total. The second kappa shape index (κ2) is 7.22. The Morgan fingerprint density at radius 1 is 1.43 bits per heavy atom. The van der Waals surface area contributed by atoms with Gasteiger partial charge in [-0.25, -0.2) is 4.79 Å². The number of hydrogen-bond acceptors (Lipinski definition) is 2. The molecule has 0 fully saturated rings. The van der Waals surface area contributed by atoms with Crippen molar-refractivity contribution in [2.24, 2.45) is 0 Å². The Labute approximate surface area is 99.9 Å². The average molecular weight is 252 g/mol. The van der Waals surface area contributed by atoms with Crippen molar-refractivity contribution in [2.75, 3.05) is 13.6 Å². The van der Waals surface area contributed by atoms with Crippen LogP contribution in [0.3, 0.4) is 0 Å². The van der Waals surface area contributed by atoms with Crippen molar-refractivity contribution in [2.45, 2.75) is 39.7 Å². The molecule has 0 aliphatic rings. The average Bonchev–Trinajstić information content (AvgIpc) is 1.96. The third-order valence-electron chi connectivity index (χ3n) is 1.46. The van der Waals surface area contributed by atoms with Crippen molar-refractivity contribution in [3.05, 3.63) is 6.42 Å². The Hall–Kier alpha value is -0.107. The molecule has 0 spiro atoms. The molecule has 1 amide bonds. The SMILES string of the molecule is C[CH-]CCN(C)C(=O)OC(C)(C)C.[Zn]. The van der Waals surface area contributed by atoms with Crippen LogP contribution in [0.2, 0.25) is 0 Å². The normalized spacial score (nSPS) is 10.4. The van der Waals surface area contributed by atoms with E-state index in [4.69, 9.17) is 4.74 Å². The van der Waals surface area contributed by atoms with Gasteiger partial charge in [-0.05, 0) is 27.3 Å². The summed E-state index contributed by atoms with van der Waals surface area (Å²) >= 11 is 0. The fraction of sp³-hybridized carbons (Fsp3) is 0.800. The third kappa shape index (κ3) is 8.49. The molecule has 0 saturated heterocycles. The fourth-order valence-corrected chi connectivity index (χ4v) is 0.754. The van der Waals surface area contributed by atoms with Gasteiger partial charge >= 0.3 is 6.09 Å². The summed E-state index contributed by atoms with van der Waals surface area (Å²) in [6.45, 7) is 8.29. The molecule has 0 unspecified atom stereocenters. The molecule has 14 heavy (non-hydrogen) atoms. The van der Waals surface area contributed by atoms with E-state index >= 15 is 0 Å². The topological polar surface area (TPSA) is 29.5 Å². The molecule has 0 heterocycles. The zero-order valence-electron chi connectivity index (χ0n) is 9.96. The van der Waals surface area contributed by atoms with E-state index in [9.17, 15) is 4.79 Å². The Balaban J connectivity index is 0. The van der Waals surface area contributed by atoms with Crippen molar-refractivity contribution < 1.29 is 29.0 Å². The van der Waals surface area contributed by atoms with Gasteiger partial charge in [0, 0.05) is 26.5 Å². The molecule has 0 aliphatic carbocycles. The summed E-state index contributed by atoms with van der Waals surface area (Å²) in [5, 5.41) is 0. The largest absolute Gasteiger partial charge is 0.444 e. The summed E-state index contributed by atoms with van der Waals surface area (Å²) in [6, 6.07) is 0. The van der Waals surface area contributed by atoms with Crippen molar-refractivity contribution in [3.63, 3.8) is 0 Å². The van der Waals surface area contributed by atoms with Crippen LogP contribution in [0.15, 0.2) is 0 Å². The van der Waals surface area contributed by atoms with Gasteiger partial charge in [0.15, 0.2) is 0 Å². The van der Waals surface area contributed by atoms with Gasteiger partial charge in [0.25, 0.3) is 0 Å². The summed E-state index contributed by atoms with van der Waals surface area (Å²) in [6.07, 6.45) is 2.67. The first-order valence-electron chi connectivity index (χ1n) is 4.59. The molecule has 0 saturated carbocycles. The van der Waals surface area contributed by atoms with Crippen molar-refractivity contribution in [1.82, 2.24) is 4.90 Å². The minimum atomic E-state index is -0.402. The van der Waals surface area contributed by atoms with Gasteiger partial charge < -0.3 is 16.1 Å². The van der Waals surface area contributed by atoms with E-state index in [-0.39, 0.29) is 25.6 Å². The zero-order valence-corrected chi connectivity index (χ0v) is 12.9. The Morgan fingerprint density at radius 3 is 2.29 bits per heavy atom. The van der Waals surface area contributed by atoms with Crippen LogP contribution in [0.5, 0.6) is 0 Å². The third-order valence-corrected chi connectivity index (χ3v) is 1.46. The summed E-state index contributed by atoms with van der Waals surface area (Å²) in [4.78, 5) is 12.9. The van der Waals surface area contributed by atoms with E-state index in [1.165, 1.54) is 0 Å². The van der Waals surface area contributed by atoms with Gasteiger partial charge in [0.1, 0.15) is 5.60 Å². The summed E-state index contributed by atoms with van der Waals surface area (Å²) in [5.41, 5.74) is -0.402. The molecular weight excluding hydrogens is 232 g/mol.